The molecule has 1 aromatic carbocycles. The standard InChI is InChI=1S/C25H42N4O2/c1-7-8-20-9-11-21(12-10-20)24(19(2)3)26-17-23(31)29-15-13-28(14-16-29)18-22(30)27-25(4,5)6/h9-12,19,24,26H,7-8,13-18H2,1-6H3,(H,27,30)/p+2/t24-/m1/s1. The van der Waals surface area contributed by atoms with Gasteiger partial charge >= 0.3 is 0 Å². The Hall–Kier alpha value is -1.92. The zero-order valence-corrected chi connectivity index (χ0v) is 20.5. The maximum Gasteiger partial charge on any atom is 0.278 e. The SMILES string of the molecule is CCCc1ccc([C@H]([NH2+]CC(=O)N2CC[NH+](CC(=O)NC(C)(C)C)CC2)C(C)C)cc1. The number of carbonyl (C=O) groups excluding carboxylic acids is 2. The molecule has 1 heterocycles. The van der Waals surface area contributed by atoms with Gasteiger partial charge in [0.25, 0.3) is 11.8 Å². The summed E-state index contributed by atoms with van der Waals surface area (Å²) in [5.74, 6) is 0.735. The summed E-state index contributed by atoms with van der Waals surface area (Å²) in [7, 11) is 0. The lowest BCUT2D eigenvalue weighted by Crippen LogP contribution is -3.16. The van der Waals surface area contributed by atoms with Crippen molar-refractivity contribution in [3.63, 3.8) is 0 Å². The van der Waals surface area contributed by atoms with Gasteiger partial charge in [0.15, 0.2) is 13.1 Å². The number of nitrogens with zero attached hydrogens (tertiary/aromatic N) is 1. The number of quaternary nitrogens is 2. The second-order valence-corrected chi connectivity index (χ2v) is 10.3. The number of hydrogen-bond acceptors (Lipinski definition) is 2. The van der Waals surface area contributed by atoms with Crippen molar-refractivity contribution in [1.29, 1.82) is 0 Å². The average Bonchev–Trinajstić information content (AvgIpc) is 2.68. The zero-order chi connectivity index (χ0) is 23.0. The predicted octanol–water partition coefficient (Wildman–Crippen LogP) is 0.541. The molecular weight excluding hydrogens is 388 g/mol. The number of carbonyl (C=O) groups is 2. The van der Waals surface area contributed by atoms with Crippen LogP contribution >= 0.6 is 0 Å². The molecule has 2 rings (SSSR count). The van der Waals surface area contributed by atoms with Gasteiger partial charge < -0.3 is 20.4 Å². The van der Waals surface area contributed by atoms with E-state index in [-0.39, 0.29) is 23.4 Å². The summed E-state index contributed by atoms with van der Waals surface area (Å²) in [6.45, 7) is 16.7. The van der Waals surface area contributed by atoms with E-state index in [1.807, 2.05) is 25.7 Å². The monoisotopic (exact) mass is 432 g/mol. The van der Waals surface area contributed by atoms with Gasteiger partial charge in [0.1, 0.15) is 6.04 Å². The summed E-state index contributed by atoms with van der Waals surface area (Å²) in [6.07, 6.45) is 2.27. The van der Waals surface area contributed by atoms with E-state index < -0.39 is 0 Å². The minimum atomic E-state index is -0.201. The molecule has 4 N–H and O–H groups in total. The second kappa shape index (κ2) is 11.6. The van der Waals surface area contributed by atoms with E-state index in [1.54, 1.807) is 0 Å². The maximum atomic E-state index is 12.8. The fourth-order valence-electron chi connectivity index (χ4n) is 4.28. The second-order valence-electron chi connectivity index (χ2n) is 10.3. The topological polar surface area (TPSA) is 70.5 Å². The van der Waals surface area contributed by atoms with Crippen molar-refractivity contribution in [2.75, 3.05) is 39.3 Å². The highest BCUT2D eigenvalue weighted by atomic mass is 16.2. The molecule has 31 heavy (non-hydrogen) atoms. The third-order valence-electron chi connectivity index (χ3n) is 5.92. The summed E-state index contributed by atoms with van der Waals surface area (Å²) in [5.41, 5.74) is 2.47. The quantitative estimate of drug-likeness (QED) is 0.533. The van der Waals surface area contributed by atoms with Gasteiger partial charge in [-0.1, -0.05) is 51.5 Å². The summed E-state index contributed by atoms with van der Waals surface area (Å²) in [5, 5.41) is 5.22. The largest absolute Gasteiger partial charge is 0.347 e. The lowest BCUT2D eigenvalue weighted by molar-refractivity contribution is -0.896. The van der Waals surface area contributed by atoms with Crippen LogP contribution in [0.2, 0.25) is 0 Å². The molecule has 174 valence electrons. The fraction of sp³-hybridized carbons (Fsp3) is 0.680. The Balaban J connectivity index is 1.81. The molecule has 1 fully saturated rings. The van der Waals surface area contributed by atoms with Gasteiger partial charge in [-0.25, -0.2) is 0 Å². The van der Waals surface area contributed by atoms with Crippen molar-refractivity contribution in [1.82, 2.24) is 10.2 Å². The van der Waals surface area contributed by atoms with Crippen LogP contribution in [0.1, 0.15) is 65.1 Å². The third kappa shape index (κ3) is 8.62. The molecule has 1 atom stereocenters. The molecule has 6 heteroatoms. The Labute approximate surface area is 188 Å². The fourth-order valence-corrected chi connectivity index (χ4v) is 4.28. The lowest BCUT2D eigenvalue weighted by atomic mass is 9.94. The van der Waals surface area contributed by atoms with Crippen molar-refractivity contribution in [3.8, 4) is 0 Å². The van der Waals surface area contributed by atoms with Crippen molar-refractivity contribution in [2.45, 2.75) is 66.0 Å². The van der Waals surface area contributed by atoms with Crippen LogP contribution in [0.25, 0.3) is 0 Å². The van der Waals surface area contributed by atoms with Crippen LogP contribution in [0.4, 0.5) is 0 Å². The number of benzene rings is 1. The Kier molecular flexibility index (Phi) is 9.51. The summed E-state index contributed by atoms with van der Waals surface area (Å²) in [6, 6.07) is 9.18. The van der Waals surface area contributed by atoms with Crippen LogP contribution in [-0.2, 0) is 16.0 Å². The van der Waals surface area contributed by atoms with E-state index in [2.05, 4.69) is 55.7 Å². The van der Waals surface area contributed by atoms with Crippen LogP contribution in [0.3, 0.4) is 0 Å². The van der Waals surface area contributed by atoms with E-state index in [1.165, 1.54) is 16.0 Å². The van der Waals surface area contributed by atoms with Gasteiger partial charge in [-0.15, -0.1) is 0 Å². The van der Waals surface area contributed by atoms with Crippen molar-refractivity contribution in [2.24, 2.45) is 5.92 Å². The molecule has 0 saturated carbocycles. The van der Waals surface area contributed by atoms with E-state index >= 15 is 0 Å². The first-order valence-electron chi connectivity index (χ1n) is 11.9. The Bertz CT molecular complexity index is 701. The Morgan fingerprint density at radius 3 is 2.26 bits per heavy atom. The first kappa shape index (κ1) is 25.3. The van der Waals surface area contributed by atoms with Crippen LogP contribution in [0.5, 0.6) is 0 Å². The molecule has 0 radical (unpaired) electrons. The normalized spacial score (nSPS) is 16.4. The molecule has 6 nitrogen and oxygen atoms in total. The van der Waals surface area contributed by atoms with Gasteiger partial charge in [0.2, 0.25) is 0 Å². The summed E-state index contributed by atoms with van der Waals surface area (Å²) < 4.78 is 0. The predicted molar refractivity (Wildman–Crippen MR) is 125 cm³/mol. The van der Waals surface area contributed by atoms with Gasteiger partial charge in [-0.05, 0) is 32.8 Å². The van der Waals surface area contributed by atoms with Crippen LogP contribution in [0.15, 0.2) is 24.3 Å². The van der Waals surface area contributed by atoms with Crippen molar-refractivity contribution >= 4 is 11.8 Å². The van der Waals surface area contributed by atoms with E-state index in [9.17, 15) is 9.59 Å². The van der Waals surface area contributed by atoms with E-state index in [0.717, 1.165) is 39.0 Å². The molecule has 1 aliphatic rings. The minimum absolute atomic E-state index is 0.0836. The number of rotatable bonds is 9. The molecular formula is C25H44N4O2+2. The molecule has 2 amide bonds. The molecule has 0 unspecified atom stereocenters. The summed E-state index contributed by atoms with van der Waals surface area (Å²) in [4.78, 5) is 28.2. The van der Waals surface area contributed by atoms with Gasteiger partial charge in [0, 0.05) is 17.0 Å². The van der Waals surface area contributed by atoms with Crippen molar-refractivity contribution < 1.29 is 19.8 Å². The number of hydrogen-bond donors (Lipinski definition) is 3. The van der Waals surface area contributed by atoms with Crippen LogP contribution in [0, 0.1) is 5.92 Å². The first-order valence-corrected chi connectivity index (χ1v) is 11.9. The molecule has 0 aliphatic carbocycles. The van der Waals surface area contributed by atoms with E-state index in [0.29, 0.717) is 19.0 Å². The number of aryl methyl sites for hydroxylation is 1. The molecule has 1 aromatic rings. The minimum Gasteiger partial charge on any atom is -0.347 e. The lowest BCUT2D eigenvalue weighted by Gasteiger charge is -2.32. The third-order valence-corrected chi connectivity index (χ3v) is 5.92. The highest BCUT2D eigenvalue weighted by Gasteiger charge is 2.28. The molecule has 0 bridgehead atoms. The zero-order valence-electron chi connectivity index (χ0n) is 20.5. The van der Waals surface area contributed by atoms with Crippen LogP contribution < -0.4 is 15.5 Å². The first-order chi connectivity index (χ1) is 14.6. The van der Waals surface area contributed by atoms with E-state index in [4.69, 9.17) is 0 Å². The van der Waals surface area contributed by atoms with Crippen LogP contribution in [-0.4, -0.2) is 61.5 Å². The number of piperazine rings is 1. The molecule has 1 aliphatic heterocycles. The number of amides is 2. The van der Waals surface area contributed by atoms with Gasteiger partial charge in [-0.2, -0.15) is 0 Å². The maximum absolute atomic E-state index is 12.8. The number of nitrogens with one attached hydrogen (secondary N) is 2. The molecule has 1 saturated heterocycles. The molecule has 0 aromatic heterocycles. The highest BCUT2D eigenvalue weighted by Crippen LogP contribution is 2.18. The smallest absolute Gasteiger partial charge is 0.278 e. The molecule has 0 spiro atoms. The highest BCUT2D eigenvalue weighted by molar-refractivity contribution is 5.78. The number of nitrogens with two attached hydrogens (primary N) is 1. The van der Waals surface area contributed by atoms with Gasteiger partial charge in [-0.3, -0.25) is 9.59 Å². The van der Waals surface area contributed by atoms with Gasteiger partial charge in [0.05, 0.1) is 26.2 Å². The summed E-state index contributed by atoms with van der Waals surface area (Å²) >= 11 is 0. The average molecular weight is 433 g/mol. The van der Waals surface area contributed by atoms with Crippen molar-refractivity contribution in [3.05, 3.63) is 35.4 Å². The Morgan fingerprint density at radius 1 is 1.13 bits per heavy atom. The Morgan fingerprint density at radius 2 is 1.74 bits per heavy atom.